The Hall–Kier alpha value is -1.94. The lowest BCUT2D eigenvalue weighted by atomic mass is 9.99. The second kappa shape index (κ2) is 65.7. The molecule has 0 spiro atoms. The maximum absolute atomic E-state index is 13.1. The fourth-order valence-electron chi connectivity index (χ4n) is 11.4. The second-order valence-electron chi connectivity index (χ2n) is 28.0. The summed E-state index contributed by atoms with van der Waals surface area (Å²) in [6.07, 6.45) is 51.4. The number of hydrogen-bond acceptors (Lipinski definition) is 15. The first-order valence-corrected chi connectivity index (χ1v) is 41.9. The second-order valence-corrected chi connectivity index (χ2v) is 30.9. The highest BCUT2D eigenvalue weighted by Gasteiger charge is 2.30. The topological polar surface area (TPSA) is 237 Å². The Labute approximate surface area is 575 Å². The summed E-state index contributed by atoms with van der Waals surface area (Å²) < 4.78 is 68.4. The first-order valence-electron chi connectivity index (χ1n) is 38.9. The van der Waals surface area contributed by atoms with Gasteiger partial charge in [-0.2, -0.15) is 0 Å². The lowest BCUT2D eigenvalue weighted by Gasteiger charge is -2.21. The molecule has 19 heteroatoms. The van der Waals surface area contributed by atoms with Crippen molar-refractivity contribution in [1.82, 2.24) is 0 Å². The summed E-state index contributed by atoms with van der Waals surface area (Å²) in [4.78, 5) is 72.6. The van der Waals surface area contributed by atoms with Crippen LogP contribution in [0.15, 0.2) is 0 Å². The van der Waals surface area contributed by atoms with Crippen LogP contribution in [0.4, 0.5) is 0 Å². The van der Waals surface area contributed by atoms with Gasteiger partial charge < -0.3 is 33.8 Å². The predicted molar refractivity (Wildman–Crippen MR) is 381 cm³/mol. The number of ether oxygens (including phenoxy) is 4. The monoisotopic (exact) mass is 1380 g/mol. The van der Waals surface area contributed by atoms with Gasteiger partial charge in [0.05, 0.1) is 26.4 Å². The maximum atomic E-state index is 13.1. The van der Waals surface area contributed by atoms with E-state index in [1.807, 2.05) is 0 Å². The molecule has 7 atom stereocenters. The van der Waals surface area contributed by atoms with E-state index in [1.54, 1.807) is 0 Å². The molecule has 0 aliphatic carbocycles. The smallest absolute Gasteiger partial charge is 0.462 e. The van der Waals surface area contributed by atoms with Crippen molar-refractivity contribution >= 4 is 39.5 Å². The Balaban J connectivity index is 5.20. The normalized spacial score (nSPS) is 14.7. The minimum absolute atomic E-state index is 0.103. The lowest BCUT2D eigenvalue weighted by Crippen LogP contribution is -2.30. The van der Waals surface area contributed by atoms with Crippen molar-refractivity contribution in [2.24, 2.45) is 17.8 Å². The van der Waals surface area contributed by atoms with Crippen LogP contribution in [0.25, 0.3) is 0 Å². The van der Waals surface area contributed by atoms with E-state index in [4.69, 9.17) is 37.0 Å². The van der Waals surface area contributed by atoms with Crippen LogP contribution >= 0.6 is 15.6 Å². The average Bonchev–Trinajstić information content (AvgIpc) is 1.37. The largest absolute Gasteiger partial charge is 0.472 e. The molecule has 94 heavy (non-hydrogen) atoms. The zero-order chi connectivity index (χ0) is 69.4. The maximum Gasteiger partial charge on any atom is 0.472 e. The fraction of sp³-hybridized carbons (Fsp3) is 0.947. The van der Waals surface area contributed by atoms with Crippen LogP contribution in [0.2, 0.25) is 0 Å². The third-order valence-corrected chi connectivity index (χ3v) is 20.0. The molecule has 17 nitrogen and oxygen atoms in total. The molecule has 0 radical (unpaired) electrons. The highest BCUT2D eigenvalue weighted by Crippen LogP contribution is 2.45. The van der Waals surface area contributed by atoms with Gasteiger partial charge in [0.15, 0.2) is 12.2 Å². The molecule has 0 amide bonds. The number of phosphoric acid groups is 2. The van der Waals surface area contributed by atoms with Crippen LogP contribution in [0.1, 0.15) is 382 Å². The molecule has 0 heterocycles. The van der Waals surface area contributed by atoms with Gasteiger partial charge in [0.1, 0.15) is 19.3 Å². The van der Waals surface area contributed by atoms with E-state index in [2.05, 4.69) is 48.5 Å². The zero-order valence-electron chi connectivity index (χ0n) is 61.4. The third-order valence-electron chi connectivity index (χ3n) is 18.1. The molecule has 0 saturated heterocycles. The van der Waals surface area contributed by atoms with Crippen LogP contribution < -0.4 is 0 Å². The fourth-order valence-corrected chi connectivity index (χ4v) is 12.9. The van der Waals surface area contributed by atoms with E-state index in [0.29, 0.717) is 31.6 Å². The number of esters is 4. The number of carbonyl (C=O) groups is 4. The molecule has 0 aliphatic rings. The van der Waals surface area contributed by atoms with E-state index in [0.717, 1.165) is 108 Å². The Morgan fingerprint density at radius 2 is 0.543 bits per heavy atom. The van der Waals surface area contributed by atoms with Gasteiger partial charge in [0.2, 0.25) is 0 Å². The lowest BCUT2D eigenvalue weighted by molar-refractivity contribution is -0.161. The van der Waals surface area contributed by atoms with E-state index >= 15 is 0 Å². The van der Waals surface area contributed by atoms with Gasteiger partial charge in [-0.1, -0.05) is 331 Å². The first-order chi connectivity index (χ1) is 45.3. The van der Waals surface area contributed by atoms with Crippen molar-refractivity contribution in [1.29, 1.82) is 0 Å². The SMILES string of the molecule is CCCCCCCCCCC(=O)OC[C@H](COP(=O)(O)OC[C@H](O)COP(=O)(O)OC[C@@H](COC(=O)CCCCCCCCCCCCCCCCC(C)CC)OC(=O)CCCCCCCCCCCCCCCCC(C)CC)OC(=O)CCCCCCCCCC(C)C. The molecular formula is C75H146O17P2. The van der Waals surface area contributed by atoms with E-state index < -0.39 is 97.5 Å². The van der Waals surface area contributed by atoms with Gasteiger partial charge in [-0.3, -0.25) is 37.3 Å². The Bertz CT molecular complexity index is 1840. The van der Waals surface area contributed by atoms with Crippen LogP contribution in [-0.2, 0) is 65.4 Å². The molecule has 0 aromatic rings. The standard InChI is InChI=1S/C75H146O17P2/c1-8-11-12-13-14-35-42-49-56-72(77)85-62-71(92-75(80)59-52-45-38-31-32-39-46-53-66(4)5)65-90-94(83,84)88-61-69(76)60-87-93(81,82)89-64-70(91-74(79)58-51-44-37-30-26-22-18-16-20-24-28-34-41-48-55-68(7)10-3)63-86-73(78)57-50-43-36-29-25-21-17-15-19-23-27-33-40-47-54-67(6)9-2/h66-71,76H,8-65H2,1-7H3,(H,81,82)(H,83,84)/t67?,68?,69-,70-,71-/m1/s1. The summed E-state index contributed by atoms with van der Waals surface area (Å²) in [6, 6.07) is 0. The number of carbonyl (C=O) groups excluding carboxylic acids is 4. The summed E-state index contributed by atoms with van der Waals surface area (Å²) >= 11 is 0. The zero-order valence-corrected chi connectivity index (χ0v) is 63.2. The van der Waals surface area contributed by atoms with Gasteiger partial charge in [-0.05, 0) is 43.4 Å². The van der Waals surface area contributed by atoms with E-state index in [1.165, 1.54) is 186 Å². The van der Waals surface area contributed by atoms with Crippen LogP contribution in [0.5, 0.6) is 0 Å². The molecule has 0 bridgehead atoms. The Morgan fingerprint density at radius 1 is 0.309 bits per heavy atom. The van der Waals surface area contributed by atoms with Gasteiger partial charge in [-0.15, -0.1) is 0 Å². The molecule has 0 saturated carbocycles. The van der Waals surface area contributed by atoms with E-state index in [-0.39, 0.29) is 25.7 Å². The minimum Gasteiger partial charge on any atom is -0.462 e. The van der Waals surface area contributed by atoms with Gasteiger partial charge >= 0.3 is 39.5 Å². The van der Waals surface area contributed by atoms with Crippen LogP contribution in [0.3, 0.4) is 0 Å². The number of phosphoric ester groups is 2. The summed E-state index contributed by atoms with van der Waals surface area (Å²) in [5.41, 5.74) is 0. The number of rotatable bonds is 73. The average molecular weight is 1380 g/mol. The van der Waals surface area contributed by atoms with E-state index in [9.17, 15) is 43.2 Å². The summed E-state index contributed by atoms with van der Waals surface area (Å²) in [6.45, 7) is 11.9. The summed E-state index contributed by atoms with van der Waals surface area (Å²) in [7, 11) is -9.90. The molecule has 0 rings (SSSR count). The third kappa shape index (κ3) is 66.0. The van der Waals surface area contributed by atoms with Crippen molar-refractivity contribution in [3.63, 3.8) is 0 Å². The highest BCUT2D eigenvalue weighted by molar-refractivity contribution is 7.47. The van der Waals surface area contributed by atoms with Crippen molar-refractivity contribution in [3.8, 4) is 0 Å². The summed E-state index contributed by atoms with van der Waals surface area (Å²) in [5.74, 6) is 0.268. The van der Waals surface area contributed by atoms with Crippen LogP contribution in [0, 0.1) is 17.8 Å². The van der Waals surface area contributed by atoms with Crippen molar-refractivity contribution < 1.29 is 80.2 Å². The first kappa shape index (κ1) is 92.1. The van der Waals surface area contributed by atoms with Crippen LogP contribution in [-0.4, -0.2) is 96.7 Å². The van der Waals surface area contributed by atoms with Crippen molar-refractivity contribution in [3.05, 3.63) is 0 Å². The molecule has 3 N–H and O–H groups in total. The number of aliphatic hydroxyl groups excluding tert-OH is 1. The number of unbranched alkanes of at least 4 members (excludes halogenated alkanes) is 39. The molecule has 0 aliphatic heterocycles. The number of hydrogen-bond donors (Lipinski definition) is 3. The van der Waals surface area contributed by atoms with Gasteiger partial charge in [0.25, 0.3) is 0 Å². The molecule has 0 aromatic heterocycles. The molecular weight excluding hydrogens is 1230 g/mol. The van der Waals surface area contributed by atoms with Gasteiger partial charge in [0, 0.05) is 25.7 Å². The Kier molecular flexibility index (Phi) is 64.3. The number of aliphatic hydroxyl groups is 1. The molecule has 558 valence electrons. The highest BCUT2D eigenvalue weighted by atomic mass is 31.2. The quantitative estimate of drug-likeness (QED) is 0.0222. The Morgan fingerprint density at radius 3 is 0.809 bits per heavy atom. The predicted octanol–water partition coefficient (Wildman–Crippen LogP) is 21.8. The van der Waals surface area contributed by atoms with Gasteiger partial charge in [-0.25, -0.2) is 9.13 Å². The summed E-state index contributed by atoms with van der Waals surface area (Å²) in [5, 5.41) is 10.6. The van der Waals surface area contributed by atoms with Crippen molar-refractivity contribution in [2.75, 3.05) is 39.6 Å². The molecule has 0 fully saturated rings. The molecule has 0 aromatic carbocycles. The molecule has 4 unspecified atom stereocenters. The van der Waals surface area contributed by atoms with Crippen molar-refractivity contribution in [2.45, 2.75) is 401 Å². The minimum atomic E-state index is -4.96.